The summed E-state index contributed by atoms with van der Waals surface area (Å²) in [5.74, 6) is -10.6. The van der Waals surface area contributed by atoms with E-state index in [0.717, 1.165) is 45.4 Å². The third-order valence-corrected chi connectivity index (χ3v) is 24.7. The summed E-state index contributed by atoms with van der Waals surface area (Å²) >= 11 is 0. The van der Waals surface area contributed by atoms with E-state index in [1.807, 2.05) is 90.0 Å². The minimum absolute atomic E-state index is 0. The van der Waals surface area contributed by atoms with Gasteiger partial charge >= 0.3 is 47.9 Å². The van der Waals surface area contributed by atoms with Gasteiger partial charge in [-0.2, -0.15) is 43.5 Å². The number of ether oxygens (including phenoxy) is 6. The lowest BCUT2D eigenvalue weighted by Crippen LogP contribution is -2.70. The second kappa shape index (κ2) is 33.8. The average molecular weight is 1490 g/mol. The quantitative estimate of drug-likeness (QED) is 0.0431. The second-order valence-corrected chi connectivity index (χ2v) is 34.5. The van der Waals surface area contributed by atoms with E-state index in [0.29, 0.717) is 70.6 Å². The van der Waals surface area contributed by atoms with Gasteiger partial charge < -0.3 is 48.8 Å². The molecule has 7 aliphatic carbocycles. The van der Waals surface area contributed by atoms with E-state index in [2.05, 4.69) is 9.47 Å². The van der Waals surface area contributed by atoms with Crippen LogP contribution in [0.3, 0.4) is 0 Å². The van der Waals surface area contributed by atoms with Crippen LogP contribution in [0, 0.1) is 56.2 Å². The third kappa shape index (κ3) is 20.4. The van der Waals surface area contributed by atoms with Crippen molar-refractivity contribution in [1.82, 2.24) is 0 Å². The molecule has 6 bridgehead atoms. The van der Waals surface area contributed by atoms with Crippen LogP contribution in [-0.4, -0.2) is 147 Å². The Morgan fingerprint density at radius 1 is 0.560 bits per heavy atom. The first-order valence-electron chi connectivity index (χ1n) is 32.6. The SMILES string of the molecule is C.C.C.C.C.C.C.C.CCC(C)(C)C(=O)OC1(C)COC(O)(C(F)(F)F)C1(F)F.CCC(C)(C)C(=O)OC12CC3CC(C(C)(C)O)(C1)CC(C(C)(C)O)(C3)C2.CCC(C)(C)C(=O)OC1C2CC3C1OS(=O)(=O)C3C2.CCC(C)(C)C(=O)OC1CCC(C(C)(C)OCC(C)(O)C(F)(F)F)CC1. The topological polar surface area (TPSA) is 248 Å². The maximum absolute atomic E-state index is 14.0. The predicted octanol–water partition coefficient (Wildman–Crippen LogP) is 18.1. The lowest BCUT2D eigenvalue weighted by molar-refractivity contribution is -0.409. The second-order valence-electron chi connectivity index (χ2n) is 32.7. The van der Waals surface area contributed by atoms with Crippen LogP contribution in [0.25, 0.3) is 0 Å². The number of aliphatic hydroxyl groups is 4. The van der Waals surface area contributed by atoms with Gasteiger partial charge in [0.15, 0.2) is 5.60 Å². The molecule has 0 aromatic carbocycles. The van der Waals surface area contributed by atoms with Crippen LogP contribution in [0.15, 0.2) is 0 Å². The monoisotopic (exact) mass is 1480 g/mol. The molecular weight excluding hydrogens is 1340 g/mol. The number of rotatable bonds is 18. The molecule has 0 aromatic rings. The summed E-state index contributed by atoms with van der Waals surface area (Å²) in [7, 11) is -3.43. The molecule has 9 rings (SSSR count). The standard InChI is InChI=1S/C22H38O4.C19H33F3O4.C13H20O5S.C12H17F5O4.8CH4/c1-8-17(2,3)16(23)26-22-11-15-9-20(13-22,18(4,5)24)12-21(10-15,14-22)19(6,7)25;1-7-16(2,3)15(23)26-14-10-8-13(9-11-14)17(4,5)25-12-18(6,24)19(20,21)22;1-4-13(2,3)12(14)17-10-7-5-8-9(6-7)19(15,16)18-11(8)10;1-5-8(2,3)7(18)21-9(4)6-20-11(19,10(9,13)14)12(15,16)17;;;;;;;;/h15,24-25H,8-14H2,1-7H3;13-14,24H,7-12H2,1-6H3;7-11H,4-6H2,1-3H3;19H,5-6H2,1-4H3;8*1H4. The van der Waals surface area contributed by atoms with Crippen molar-refractivity contribution in [3.8, 4) is 0 Å². The number of carbonyl (C=O) groups excluding carboxylic acids is 4. The summed E-state index contributed by atoms with van der Waals surface area (Å²) in [6, 6.07) is 0. The summed E-state index contributed by atoms with van der Waals surface area (Å²) in [4.78, 5) is 49.1. The van der Waals surface area contributed by atoms with Crippen LogP contribution < -0.4 is 0 Å². The fourth-order valence-corrected chi connectivity index (χ4v) is 16.1. The molecule has 17 nitrogen and oxygen atoms in total. The van der Waals surface area contributed by atoms with E-state index in [1.165, 1.54) is 13.8 Å². The van der Waals surface area contributed by atoms with Gasteiger partial charge in [0.05, 0.1) is 56.9 Å². The highest BCUT2D eigenvalue weighted by Gasteiger charge is 2.83. The van der Waals surface area contributed by atoms with Crippen molar-refractivity contribution in [2.24, 2.45) is 56.2 Å². The van der Waals surface area contributed by atoms with Crippen LogP contribution in [0.5, 0.6) is 0 Å². The van der Waals surface area contributed by atoms with Crippen molar-refractivity contribution >= 4 is 34.0 Å². The van der Waals surface area contributed by atoms with Crippen LogP contribution in [0.1, 0.15) is 301 Å². The van der Waals surface area contributed by atoms with E-state index < -0.39 is 115 Å². The number of hydrogen-bond acceptors (Lipinski definition) is 17. The Morgan fingerprint density at radius 2 is 0.960 bits per heavy atom. The number of fused-ring (bicyclic) bond motifs is 1. The Kier molecular flexibility index (Phi) is 35.0. The van der Waals surface area contributed by atoms with E-state index in [1.54, 1.807) is 20.8 Å². The van der Waals surface area contributed by atoms with Gasteiger partial charge in [-0.25, -0.2) is 0 Å². The molecule has 9 fully saturated rings. The Hall–Kier alpha value is -3.01. The van der Waals surface area contributed by atoms with Gasteiger partial charge in [0.25, 0.3) is 10.1 Å². The third-order valence-electron chi connectivity index (χ3n) is 22.9. The van der Waals surface area contributed by atoms with Gasteiger partial charge in [0, 0.05) is 22.7 Å². The highest BCUT2D eigenvalue weighted by molar-refractivity contribution is 7.87. The van der Waals surface area contributed by atoms with Crippen molar-refractivity contribution in [3.05, 3.63) is 0 Å². The molecule has 10 unspecified atom stereocenters. The highest BCUT2D eigenvalue weighted by Crippen LogP contribution is 2.73. The molecule has 2 aliphatic heterocycles. The molecule has 0 radical (unpaired) electrons. The van der Waals surface area contributed by atoms with Gasteiger partial charge in [0.2, 0.25) is 5.60 Å². The summed E-state index contributed by atoms with van der Waals surface area (Å²) in [6.07, 6.45) is 0.0533. The van der Waals surface area contributed by atoms with Crippen molar-refractivity contribution in [3.63, 3.8) is 0 Å². The van der Waals surface area contributed by atoms with Crippen LogP contribution in [0.2, 0.25) is 0 Å². The van der Waals surface area contributed by atoms with Crippen molar-refractivity contribution in [2.75, 3.05) is 13.2 Å². The lowest BCUT2D eigenvalue weighted by Gasteiger charge is -2.70. The lowest BCUT2D eigenvalue weighted by atomic mass is 9.37. The maximum Gasteiger partial charge on any atom is 0.449 e. The van der Waals surface area contributed by atoms with Crippen LogP contribution in [0.4, 0.5) is 35.1 Å². The molecule has 9 aliphatic rings. The molecule has 26 heteroatoms. The minimum Gasteiger partial charge on any atom is -0.462 e. The predicted molar refractivity (Wildman–Crippen MR) is 376 cm³/mol. The average Bonchev–Trinajstić information content (AvgIpc) is 1.06. The normalized spacial score (nSPS) is 31.9. The Bertz CT molecular complexity index is 2730. The van der Waals surface area contributed by atoms with Gasteiger partial charge in [-0.1, -0.05) is 87.1 Å². The molecule has 100 heavy (non-hydrogen) atoms. The molecular formula is C74H140F8O17S. The minimum atomic E-state index is -5.74. The molecule has 2 heterocycles. The van der Waals surface area contributed by atoms with Crippen LogP contribution in [-0.2, 0) is 61.9 Å². The first kappa shape index (κ1) is 103. The smallest absolute Gasteiger partial charge is 0.449 e. The maximum atomic E-state index is 14.0. The molecule has 0 aromatic heterocycles. The molecule has 2 saturated heterocycles. The van der Waals surface area contributed by atoms with Gasteiger partial charge in [0.1, 0.15) is 23.9 Å². The molecule has 10 atom stereocenters. The van der Waals surface area contributed by atoms with E-state index >= 15 is 0 Å². The summed E-state index contributed by atoms with van der Waals surface area (Å²) in [6.45, 7) is 31.9. The highest BCUT2D eigenvalue weighted by atomic mass is 32.2. The van der Waals surface area contributed by atoms with Gasteiger partial charge in [-0.15, -0.1) is 0 Å². The molecule has 4 N–H and O–H groups in total. The molecule has 7 saturated carbocycles. The zero-order valence-corrected chi connectivity index (χ0v) is 58.7. The molecule has 0 spiro atoms. The fraction of sp³-hybridized carbons (Fsp3) is 0.946. The number of hydrogen-bond donors (Lipinski definition) is 4. The van der Waals surface area contributed by atoms with Gasteiger partial charge in [-0.05, 0) is 225 Å². The fourth-order valence-electron chi connectivity index (χ4n) is 14.3. The van der Waals surface area contributed by atoms with E-state index in [9.17, 15) is 83.1 Å². The number of carbonyl (C=O) groups is 4. The molecule has 600 valence electrons. The van der Waals surface area contributed by atoms with E-state index in [-0.39, 0.29) is 130 Å². The summed E-state index contributed by atoms with van der Waals surface area (Å²) < 4.78 is 164. The first-order valence-corrected chi connectivity index (χ1v) is 34.1. The van der Waals surface area contributed by atoms with Crippen molar-refractivity contribution in [1.29, 1.82) is 0 Å². The zero-order chi connectivity index (χ0) is 71.1. The number of alkyl halides is 8. The van der Waals surface area contributed by atoms with Crippen molar-refractivity contribution < 1.29 is 116 Å². The first-order chi connectivity index (χ1) is 41.1. The summed E-state index contributed by atoms with van der Waals surface area (Å²) in [5.41, 5.74) is -12.2. The zero-order valence-electron chi connectivity index (χ0n) is 57.9. The largest absolute Gasteiger partial charge is 0.462 e. The Balaban J connectivity index is -0.000000602. The van der Waals surface area contributed by atoms with Crippen molar-refractivity contribution in [2.45, 2.75) is 382 Å². The Morgan fingerprint density at radius 3 is 1.34 bits per heavy atom. The molecule has 0 amide bonds. The van der Waals surface area contributed by atoms with Gasteiger partial charge in [-0.3, -0.25) is 23.4 Å². The van der Waals surface area contributed by atoms with Crippen LogP contribution >= 0.6 is 0 Å². The van der Waals surface area contributed by atoms with E-state index in [4.69, 9.17) is 23.1 Å². The Labute approximate surface area is 598 Å². The number of halogens is 8. The summed E-state index contributed by atoms with van der Waals surface area (Å²) in [5, 5.41) is 40.5. The number of esters is 4.